The topological polar surface area (TPSA) is 119 Å². The molecule has 2 atom stereocenters. The molecule has 1 aliphatic heterocycles. The molecule has 0 aliphatic carbocycles. The fourth-order valence-corrected chi connectivity index (χ4v) is 5.41. The van der Waals surface area contributed by atoms with Crippen molar-refractivity contribution < 1.29 is 22.7 Å². The predicted molar refractivity (Wildman–Crippen MR) is 143 cm³/mol. The molecule has 0 spiro atoms. The first-order valence-corrected chi connectivity index (χ1v) is 14.1. The Kier molecular flexibility index (Phi) is 10.3. The Labute approximate surface area is 219 Å². The van der Waals surface area contributed by atoms with Gasteiger partial charge in [0.15, 0.2) is 5.78 Å². The van der Waals surface area contributed by atoms with E-state index >= 15 is 0 Å². The lowest BCUT2D eigenvalue weighted by molar-refractivity contribution is -0.124. The maximum atomic E-state index is 13.9. The molecule has 2 aromatic carbocycles. The highest BCUT2D eigenvalue weighted by molar-refractivity contribution is 7.95. The van der Waals surface area contributed by atoms with Gasteiger partial charge in [-0.15, -0.1) is 0 Å². The van der Waals surface area contributed by atoms with Crippen LogP contribution in [0.3, 0.4) is 0 Å². The Morgan fingerprint density at radius 2 is 1.62 bits per heavy atom. The summed E-state index contributed by atoms with van der Waals surface area (Å²) in [5.41, 5.74) is 7.15. The minimum absolute atomic E-state index is 0.0670. The summed E-state index contributed by atoms with van der Waals surface area (Å²) in [5.74, 6) is -0.923. The van der Waals surface area contributed by atoms with Crippen LogP contribution in [0, 0.1) is 11.8 Å². The fourth-order valence-electron chi connectivity index (χ4n) is 4.28. The van der Waals surface area contributed by atoms with Crippen LogP contribution in [0.25, 0.3) is 0 Å². The van der Waals surface area contributed by atoms with Crippen LogP contribution in [0.5, 0.6) is 0 Å². The molecular formula is C28H37N3O5S. The van der Waals surface area contributed by atoms with Gasteiger partial charge in [0.1, 0.15) is 5.03 Å². The minimum atomic E-state index is -3.96. The molecule has 1 fully saturated rings. The first kappa shape index (κ1) is 28.4. The van der Waals surface area contributed by atoms with E-state index in [4.69, 9.17) is 10.5 Å². The molecule has 3 rings (SSSR count). The largest absolute Gasteiger partial charge is 0.389 e. The number of carbonyl (C=O) groups excluding carboxylic acids is 2. The molecule has 3 N–H and O–H groups in total. The zero-order valence-electron chi connectivity index (χ0n) is 21.5. The van der Waals surface area contributed by atoms with Gasteiger partial charge >= 0.3 is 6.03 Å². The number of ether oxygens (including phenoxy) is 1. The van der Waals surface area contributed by atoms with Crippen molar-refractivity contribution in [2.24, 2.45) is 17.6 Å². The summed E-state index contributed by atoms with van der Waals surface area (Å²) < 4.78 is 31.5. The van der Waals surface area contributed by atoms with Crippen molar-refractivity contribution in [3.05, 3.63) is 77.3 Å². The van der Waals surface area contributed by atoms with Gasteiger partial charge in [-0.3, -0.25) is 4.79 Å². The number of amides is 2. The van der Waals surface area contributed by atoms with E-state index in [-0.39, 0.29) is 27.7 Å². The van der Waals surface area contributed by atoms with Gasteiger partial charge in [-0.25, -0.2) is 13.2 Å². The van der Waals surface area contributed by atoms with Crippen molar-refractivity contribution in [2.45, 2.75) is 44.0 Å². The van der Waals surface area contributed by atoms with Crippen LogP contribution >= 0.6 is 0 Å². The zero-order chi connectivity index (χ0) is 26.8. The van der Waals surface area contributed by atoms with Gasteiger partial charge in [-0.2, -0.15) is 0 Å². The number of hydrogen-bond acceptors (Lipinski definition) is 6. The Hall–Kier alpha value is -3.17. The van der Waals surface area contributed by atoms with Crippen LogP contribution in [0.2, 0.25) is 0 Å². The molecule has 1 heterocycles. The second-order valence-corrected chi connectivity index (χ2v) is 11.6. The standard InChI is InChI=1S/C28H37N3O5S/c1-21(2)19-25(30-28(33)31-15-17-36-18-16-31)27(32)23(14-13-22-9-5-3-6-10-22)20-26(29)37(34,35)24-11-7-4-8-12-24/h3-12,20-21,23,25H,13-19,29H2,1-2H3,(H,30,33)/b26-20+/t23-,25-/m0/s1. The number of hydrogen-bond donors (Lipinski definition) is 2. The van der Waals surface area contributed by atoms with Gasteiger partial charge in [0.05, 0.1) is 24.2 Å². The van der Waals surface area contributed by atoms with Crippen LogP contribution in [-0.2, 0) is 25.8 Å². The van der Waals surface area contributed by atoms with E-state index in [1.807, 2.05) is 44.2 Å². The van der Waals surface area contributed by atoms with Crippen molar-refractivity contribution in [3.63, 3.8) is 0 Å². The van der Waals surface area contributed by atoms with Gasteiger partial charge in [0, 0.05) is 19.0 Å². The van der Waals surface area contributed by atoms with Crippen molar-refractivity contribution >= 4 is 21.7 Å². The number of ketones is 1. The third-order valence-electron chi connectivity index (χ3n) is 6.33. The van der Waals surface area contributed by atoms with Crippen molar-refractivity contribution in [1.29, 1.82) is 0 Å². The van der Waals surface area contributed by atoms with Crippen LogP contribution in [-0.4, -0.2) is 57.5 Å². The van der Waals surface area contributed by atoms with E-state index in [0.29, 0.717) is 45.6 Å². The Morgan fingerprint density at radius 1 is 1.03 bits per heavy atom. The first-order chi connectivity index (χ1) is 17.7. The number of benzene rings is 2. The molecule has 37 heavy (non-hydrogen) atoms. The Bertz CT molecular complexity index is 1160. The zero-order valence-corrected chi connectivity index (χ0v) is 22.3. The normalized spacial score (nSPS) is 16.3. The number of morpholine rings is 1. The highest BCUT2D eigenvalue weighted by Gasteiger charge is 2.31. The average molecular weight is 528 g/mol. The monoisotopic (exact) mass is 527 g/mol. The molecule has 2 aromatic rings. The molecular weight excluding hydrogens is 490 g/mol. The van der Waals surface area contributed by atoms with Crippen LogP contribution in [0.1, 0.15) is 32.3 Å². The van der Waals surface area contributed by atoms with E-state index < -0.39 is 21.8 Å². The SMILES string of the molecule is CC(C)C[C@H](NC(=O)N1CCOCC1)C(=O)[C@H](/C=C(\N)S(=O)(=O)c1ccccc1)CCc1ccccc1. The van der Waals surface area contributed by atoms with Gasteiger partial charge in [0.2, 0.25) is 9.84 Å². The minimum Gasteiger partial charge on any atom is -0.389 e. The highest BCUT2D eigenvalue weighted by atomic mass is 32.2. The summed E-state index contributed by atoms with van der Waals surface area (Å²) in [5, 5.41) is 2.53. The third-order valence-corrected chi connectivity index (χ3v) is 7.98. The van der Waals surface area contributed by atoms with E-state index in [9.17, 15) is 18.0 Å². The van der Waals surface area contributed by atoms with Gasteiger partial charge in [-0.1, -0.05) is 62.4 Å². The predicted octanol–water partition coefficient (Wildman–Crippen LogP) is 3.54. The average Bonchev–Trinajstić information content (AvgIpc) is 2.91. The summed E-state index contributed by atoms with van der Waals surface area (Å²) in [6.45, 7) is 5.76. The molecule has 2 amide bonds. The number of nitrogens with one attached hydrogen (secondary N) is 1. The molecule has 0 radical (unpaired) electrons. The maximum absolute atomic E-state index is 13.9. The van der Waals surface area contributed by atoms with Crippen LogP contribution < -0.4 is 11.1 Å². The van der Waals surface area contributed by atoms with E-state index in [0.717, 1.165) is 5.56 Å². The Balaban J connectivity index is 1.89. The molecule has 1 saturated heterocycles. The van der Waals surface area contributed by atoms with Crippen molar-refractivity contribution in [3.8, 4) is 0 Å². The summed E-state index contributed by atoms with van der Waals surface area (Å²) in [7, 11) is -3.96. The van der Waals surface area contributed by atoms with Crippen LogP contribution in [0.4, 0.5) is 4.79 Å². The molecule has 0 unspecified atom stereocenters. The fraction of sp³-hybridized carbons (Fsp3) is 0.429. The number of urea groups is 1. The molecule has 9 heteroatoms. The number of sulfone groups is 1. The van der Waals surface area contributed by atoms with Crippen molar-refractivity contribution in [2.75, 3.05) is 26.3 Å². The van der Waals surface area contributed by atoms with E-state index in [2.05, 4.69) is 5.32 Å². The smallest absolute Gasteiger partial charge is 0.318 e. The van der Waals surface area contributed by atoms with Gasteiger partial charge in [0.25, 0.3) is 0 Å². The number of allylic oxidation sites excluding steroid dienone is 1. The van der Waals surface area contributed by atoms with Gasteiger partial charge in [-0.05, 0) is 49.0 Å². The molecule has 8 nitrogen and oxygen atoms in total. The maximum Gasteiger partial charge on any atom is 0.318 e. The lowest BCUT2D eigenvalue weighted by Crippen LogP contribution is -2.52. The number of carbonyl (C=O) groups is 2. The third kappa shape index (κ3) is 8.16. The summed E-state index contributed by atoms with van der Waals surface area (Å²) >= 11 is 0. The van der Waals surface area contributed by atoms with Crippen LogP contribution in [0.15, 0.2) is 76.7 Å². The highest BCUT2D eigenvalue weighted by Crippen LogP contribution is 2.22. The molecule has 0 saturated carbocycles. The first-order valence-electron chi connectivity index (χ1n) is 12.7. The lowest BCUT2D eigenvalue weighted by atomic mass is 9.88. The molecule has 0 aromatic heterocycles. The number of Topliss-reactive ketones (excluding diaryl/α,β-unsaturated/α-hetero) is 1. The Morgan fingerprint density at radius 3 is 2.22 bits per heavy atom. The molecule has 200 valence electrons. The lowest BCUT2D eigenvalue weighted by Gasteiger charge is -2.30. The van der Waals surface area contributed by atoms with Gasteiger partial charge < -0.3 is 20.7 Å². The van der Waals surface area contributed by atoms with Crippen molar-refractivity contribution in [1.82, 2.24) is 10.2 Å². The number of nitrogens with zero attached hydrogens (tertiary/aromatic N) is 1. The summed E-state index contributed by atoms with van der Waals surface area (Å²) in [4.78, 5) is 28.5. The quantitative estimate of drug-likeness (QED) is 0.461. The number of nitrogens with two attached hydrogens (primary N) is 1. The second-order valence-electron chi connectivity index (χ2n) is 9.65. The van der Waals surface area contributed by atoms with E-state index in [1.165, 1.54) is 18.2 Å². The number of rotatable bonds is 11. The van der Waals surface area contributed by atoms with E-state index in [1.54, 1.807) is 23.1 Å². The summed E-state index contributed by atoms with van der Waals surface area (Å²) in [6.07, 6.45) is 2.69. The second kappa shape index (κ2) is 13.4. The molecule has 0 bridgehead atoms. The summed E-state index contributed by atoms with van der Waals surface area (Å²) in [6, 6.07) is 16.5. The number of aryl methyl sites for hydroxylation is 1. The molecule has 1 aliphatic rings.